The van der Waals surface area contributed by atoms with E-state index in [4.69, 9.17) is 16.1 Å². The van der Waals surface area contributed by atoms with Crippen LogP contribution in [0.2, 0.25) is 5.02 Å². The van der Waals surface area contributed by atoms with Crippen molar-refractivity contribution in [1.29, 1.82) is 0 Å². The van der Waals surface area contributed by atoms with Gasteiger partial charge in [0.25, 0.3) is 11.6 Å². The average Bonchev–Trinajstić information content (AvgIpc) is 3.02. The number of halogens is 1. The van der Waals surface area contributed by atoms with Gasteiger partial charge in [-0.05, 0) is 13.0 Å². The van der Waals surface area contributed by atoms with Crippen molar-refractivity contribution < 1.29 is 14.2 Å². The molecule has 2 heterocycles. The van der Waals surface area contributed by atoms with Gasteiger partial charge in [0, 0.05) is 28.3 Å². The SMILES string of the molecule is Cc1cc(NC(=O)c2sc3cc([N+](=O)[O-])ccc3c2Cl)no1. The lowest BCUT2D eigenvalue weighted by Crippen LogP contribution is -2.10. The summed E-state index contributed by atoms with van der Waals surface area (Å²) in [5.41, 5.74) is -0.0514. The minimum absolute atomic E-state index is 0.0514. The Labute approximate surface area is 132 Å². The number of fused-ring (bicyclic) bond motifs is 1. The fourth-order valence-corrected chi connectivity index (χ4v) is 3.36. The zero-order valence-corrected chi connectivity index (χ0v) is 12.7. The van der Waals surface area contributed by atoms with E-state index in [0.717, 1.165) is 11.3 Å². The van der Waals surface area contributed by atoms with E-state index in [1.54, 1.807) is 13.0 Å². The van der Waals surface area contributed by atoms with Crippen LogP contribution in [0.5, 0.6) is 0 Å². The molecule has 3 rings (SSSR count). The van der Waals surface area contributed by atoms with Crippen molar-refractivity contribution in [3.63, 3.8) is 0 Å². The molecule has 0 aliphatic heterocycles. The number of carbonyl (C=O) groups is 1. The van der Waals surface area contributed by atoms with Gasteiger partial charge in [-0.15, -0.1) is 11.3 Å². The molecule has 1 amide bonds. The minimum Gasteiger partial charge on any atom is -0.360 e. The maximum atomic E-state index is 12.2. The van der Waals surface area contributed by atoms with Crippen LogP contribution in [0.25, 0.3) is 10.1 Å². The van der Waals surface area contributed by atoms with Gasteiger partial charge in [0.2, 0.25) is 0 Å². The summed E-state index contributed by atoms with van der Waals surface area (Å²) >= 11 is 7.27. The fraction of sp³-hybridized carbons (Fsp3) is 0.0769. The average molecular weight is 338 g/mol. The number of nitrogens with one attached hydrogen (secondary N) is 1. The summed E-state index contributed by atoms with van der Waals surface area (Å²) in [6.07, 6.45) is 0. The third-order valence-electron chi connectivity index (χ3n) is 2.90. The van der Waals surface area contributed by atoms with Gasteiger partial charge in [-0.3, -0.25) is 14.9 Å². The second-order valence-corrected chi connectivity index (χ2v) is 5.89. The summed E-state index contributed by atoms with van der Waals surface area (Å²) < 4.78 is 5.43. The topological polar surface area (TPSA) is 98.3 Å². The summed E-state index contributed by atoms with van der Waals surface area (Å²) in [6, 6.07) is 5.85. The Morgan fingerprint density at radius 1 is 1.45 bits per heavy atom. The van der Waals surface area contributed by atoms with Crippen LogP contribution in [0, 0.1) is 17.0 Å². The van der Waals surface area contributed by atoms with Gasteiger partial charge in [0.1, 0.15) is 10.6 Å². The van der Waals surface area contributed by atoms with Crippen molar-refractivity contribution in [3.8, 4) is 0 Å². The quantitative estimate of drug-likeness (QED) is 0.575. The van der Waals surface area contributed by atoms with Crippen molar-refractivity contribution in [1.82, 2.24) is 5.16 Å². The van der Waals surface area contributed by atoms with Crippen LogP contribution in [0.3, 0.4) is 0 Å². The molecule has 22 heavy (non-hydrogen) atoms. The number of anilines is 1. The second-order valence-electron chi connectivity index (χ2n) is 4.46. The Hall–Kier alpha value is -2.45. The fourth-order valence-electron chi connectivity index (χ4n) is 1.91. The van der Waals surface area contributed by atoms with Crippen LogP contribution in [0.15, 0.2) is 28.8 Å². The van der Waals surface area contributed by atoms with Crippen molar-refractivity contribution in [2.24, 2.45) is 0 Å². The van der Waals surface area contributed by atoms with Gasteiger partial charge >= 0.3 is 0 Å². The first-order valence-electron chi connectivity index (χ1n) is 6.07. The lowest BCUT2D eigenvalue weighted by Gasteiger charge is -1.98. The van der Waals surface area contributed by atoms with Crippen LogP contribution in [-0.2, 0) is 0 Å². The number of nitro groups is 1. The number of nitrogens with zero attached hydrogens (tertiary/aromatic N) is 2. The first-order chi connectivity index (χ1) is 10.5. The Balaban J connectivity index is 1.98. The minimum atomic E-state index is -0.495. The normalized spacial score (nSPS) is 10.8. The number of amides is 1. The van der Waals surface area contributed by atoms with Gasteiger partial charge in [0.05, 0.1) is 9.95 Å². The molecule has 0 fully saturated rings. The summed E-state index contributed by atoms with van der Waals surface area (Å²) in [4.78, 5) is 22.8. The molecule has 0 aliphatic rings. The van der Waals surface area contributed by atoms with E-state index in [0.29, 0.717) is 15.8 Å². The van der Waals surface area contributed by atoms with Gasteiger partial charge in [0.15, 0.2) is 5.82 Å². The molecule has 0 atom stereocenters. The number of carbonyl (C=O) groups excluding carboxylic acids is 1. The molecule has 0 radical (unpaired) electrons. The molecule has 9 heteroatoms. The molecule has 7 nitrogen and oxygen atoms in total. The van der Waals surface area contributed by atoms with Gasteiger partial charge in [-0.1, -0.05) is 16.8 Å². The third-order valence-corrected chi connectivity index (χ3v) is 4.56. The van der Waals surface area contributed by atoms with Crippen LogP contribution in [0.1, 0.15) is 15.4 Å². The largest absolute Gasteiger partial charge is 0.360 e. The number of benzene rings is 1. The maximum Gasteiger partial charge on any atom is 0.270 e. The monoisotopic (exact) mass is 337 g/mol. The number of aromatic nitrogens is 1. The van der Waals surface area contributed by atoms with Crippen LogP contribution in [0.4, 0.5) is 11.5 Å². The van der Waals surface area contributed by atoms with Crippen molar-refractivity contribution >= 4 is 50.4 Å². The zero-order valence-electron chi connectivity index (χ0n) is 11.1. The number of nitro benzene ring substituents is 1. The highest BCUT2D eigenvalue weighted by Gasteiger charge is 2.20. The molecule has 0 bridgehead atoms. The lowest BCUT2D eigenvalue weighted by atomic mass is 10.2. The molecule has 3 aromatic rings. The van der Waals surface area contributed by atoms with E-state index >= 15 is 0 Å². The Morgan fingerprint density at radius 3 is 2.86 bits per heavy atom. The van der Waals surface area contributed by atoms with E-state index in [2.05, 4.69) is 10.5 Å². The number of aryl methyl sites for hydroxylation is 1. The van der Waals surface area contributed by atoms with Gasteiger partial charge in [-0.25, -0.2) is 0 Å². The summed E-state index contributed by atoms with van der Waals surface area (Å²) in [5, 5.41) is 17.9. The summed E-state index contributed by atoms with van der Waals surface area (Å²) in [6.45, 7) is 1.70. The third kappa shape index (κ3) is 2.53. The van der Waals surface area contributed by atoms with Crippen molar-refractivity contribution in [2.75, 3.05) is 5.32 Å². The second kappa shape index (κ2) is 5.39. The van der Waals surface area contributed by atoms with Crippen molar-refractivity contribution in [3.05, 3.63) is 50.0 Å². The van der Waals surface area contributed by atoms with E-state index in [-0.39, 0.29) is 21.4 Å². The van der Waals surface area contributed by atoms with Crippen LogP contribution in [-0.4, -0.2) is 16.0 Å². The Morgan fingerprint density at radius 2 is 2.23 bits per heavy atom. The maximum absolute atomic E-state index is 12.2. The predicted molar refractivity (Wildman–Crippen MR) is 82.7 cm³/mol. The van der Waals surface area contributed by atoms with E-state index in [1.165, 1.54) is 18.2 Å². The van der Waals surface area contributed by atoms with E-state index in [9.17, 15) is 14.9 Å². The molecule has 0 aliphatic carbocycles. The van der Waals surface area contributed by atoms with Crippen molar-refractivity contribution in [2.45, 2.75) is 6.92 Å². The van der Waals surface area contributed by atoms with Gasteiger partial charge < -0.3 is 9.84 Å². The number of non-ortho nitro benzene ring substituents is 1. The molecule has 0 unspecified atom stereocenters. The zero-order chi connectivity index (χ0) is 15.9. The first-order valence-corrected chi connectivity index (χ1v) is 7.26. The molecule has 1 N–H and O–H groups in total. The highest BCUT2D eigenvalue weighted by Crippen LogP contribution is 2.37. The molecular formula is C13H8ClN3O4S. The molecule has 0 saturated carbocycles. The first kappa shape index (κ1) is 14.5. The van der Waals surface area contributed by atoms with E-state index in [1.807, 2.05) is 0 Å². The molecule has 0 spiro atoms. The Kier molecular flexibility index (Phi) is 3.55. The van der Waals surface area contributed by atoms with Crippen LogP contribution >= 0.6 is 22.9 Å². The molecule has 0 saturated heterocycles. The number of thiophene rings is 1. The van der Waals surface area contributed by atoms with E-state index < -0.39 is 10.8 Å². The van der Waals surface area contributed by atoms with Crippen LogP contribution < -0.4 is 5.32 Å². The molecule has 112 valence electrons. The smallest absolute Gasteiger partial charge is 0.270 e. The van der Waals surface area contributed by atoms with Gasteiger partial charge in [-0.2, -0.15) is 0 Å². The standard InChI is InChI=1S/C13H8ClN3O4S/c1-6-4-10(16-21-6)15-13(18)12-11(14)8-3-2-7(17(19)20)5-9(8)22-12/h2-5H,1H3,(H,15,16,18). The molecule has 1 aromatic carbocycles. The summed E-state index contributed by atoms with van der Waals surface area (Å²) in [5.74, 6) is 0.400. The Bertz CT molecular complexity index is 902. The number of hydrogen-bond acceptors (Lipinski definition) is 6. The summed E-state index contributed by atoms with van der Waals surface area (Å²) in [7, 11) is 0. The molecular weight excluding hydrogens is 330 g/mol. The number of hydrogen-bond donors (Lipinski definition) is 1. The molecule has 2 aromatic heterocycles. The predicted octanol–water partition coefficient (Wildman–Crippen LogP) is 4.01. The highest BCUT2D eigenvalue weighted by molar-refractivity contribution is 7.21. The highest BCUT2D eigenvalue weighted by atomic mass is 35.5. The lowest BCUT2D eigenvalue weighted by molar-refractivity contribution is -0.384. The number of rotatable bonds is 3.